The largest absolute Gasteiger partial charge is 1.00 e. The SMILES string of the molecule is C.C.C.CCC(=O)C1CN(C(=O)OCc2ccccc2)C[C@H]1CC.CC[C@@H]1CN(C(=O)OCc2ccccc2)CC1C(=O)C=S(C)(C)=O.CC[C@@H]1CN(C(=O)OCc2ccccc2)C[C@@H]1C(=O)O.[Br-].[Li+]. The van der Waals surface area contributed by atoms with Crippen molar-refractivity contribution in [2.45, 2.75) is 95.5 Å². The van der Waals surface area contributed by atoms with Crippen LogP contribution in [-0.4, -0.2) is 117 Å². The van der Waals surface area contributed by atoms with E-state index in [9.17, 15) is 33.0 Å². The number of ketones is 2. The van der Waals surface area contributed by atoms with Crippen LogP contribution in [0.2, 0.25) is 0 Å². The van der Waals surface area contributed by atoms with Gasteiger partial charge in [-0.1, -0.05) is 160 Å². The van der Waals surface area contributed by atoms with E-state index in [1.165, 1.54) is 10.3 Å². The summed E-state index contributed by atoms with van der Waals surface area (Å²) in [5, 5.41) is 10.5. The third kappa shape index (κ3) is 21.4. The van der Waals surface area contributed by atoms with Crippen molar-refractivity contribution < 1.29 is 88.1 Å². The summed E-state index contributed by atoms with van der Waals surface area (Å²) in [5.74, 6) is -1.16. The first-order valence-electron chi connectivity index (χ1n) is 22.5. The van der Waals surface area contributed by atoms with Gasteiger partial charge in [0, 0.05) is 75.4 Å². The summed E-state index contributed by atoms with van der Waals surface area (Å²) in [6.45, 7) is 11.3. The van der Waals surface area contributed by atoms with Crippen molar-refractivity contribution in [3.05, 3.63) is 108 Å². The summed E-state index contributed by atoms with van der Waals surface area (Å²) >= 11 is 0. The Kier molecular flexibility index (Phi) is 32.6. The average molecular weight is 1050 g/mol. The number of aliphatic carboxylic acids is 1. The predicted octanol–water partition coefficient (Wildman–Crippen LogP) is 3.74. The maximum Gasteiger partial charge on any atom is 1.00 e. The molecule has 3 fully saturated rings. The monoisotopic (exact) mass is 1050 g/mol. The number of amides is 3. The van der Waals surface area contributed by atoms with Gasteiger partial charge >= 0.3 is 43.1 Å². The molecule has 17 heteroatoms. The molecule has 0 aliphatic carbocycles. The van der Waals surface area contributed by atoms with Gasteiger partial charge in [-0.25, -0.2) is 14.4 Å². The molecule has 6 rings (SSSR count). The van der Waals surface area contributed by atoms with Gasteiger partial charge < -0.3 is 51.0 Å². The fourth-order valence-electron chi connectivity index (χ4n) is 8.33. The van der Waals surface area contributed by atoms with Crippen molar-refractivity contribution in [2.75, 3.05) is 51.8 Å². The molecule has 3 aromatic carbocycles. The molecule has 386 valence electrons. The molecule has 70 heavy (non-hydrogen) atoms. The quantitative estimate of drug-likeness (QED) is 0.142. The van der Waals surface area contributed by atoms with E-state index in [1.54, 1.807) is 22.3 Å². The number of carboxylic acids is 1. The van der Waals surface area contributed by atoms with Crippen molar-refractivity contribution in [1.29, 1.82) is 0 Å². The van der Waals surface area contributed by atoms with E-state index in [2.05, 4.69) is 6.92 Å². The van der Waals surface area contributed by atoms with Crippen LogP contribution in [0.3, 0.4) is 0 Å². The van der Waals surface area contributed by atoms with Gasteiger partial charge in [-0.3, -0.25) is 18.6 Å². The second-order valence-corrected chi connectivity index (χ2v) is 20.0. The number of hydrogen-bond acceptors (Lipinski definition) is 10. The van der Waals surface area contributed by atoms with Crippen molar-refractivity contribution in [3.63, 3.8) is 0 Å². The third-order valence-electron chi connectivity index (χ3n) is 12.1. The zero-order valence-electron chi connectivity index (χ0n) is 40.1. The molecule has 0 radical (unpaired) electrons. The first-order valence-corrected chi connectivity index (χ1v) is 25.0. The molecule has 3 saturated heterocycles. The Morgan fingerprint density at radius 1 is 0.543 bits per heavy atom. The van der Waals surface area contributed by atoms with E-state index < -0.39 is 33.6 Å². The van der Waals surface area contributed by atoms with Gasteiger partial charge in [0.25, 0.3) is 0 Å². The van der Waals surface area contributed by atoms with Crippen molar-refractivity contribution in [2.24, 2.45) is 35.5 Å². The molecule has 3 aromatic rings. The molecular formula is C53H79BrLiN3O11S. The zero-order valence-corrected chi connectivity index (χ0v) is 42.5. The maximum absolute atomic E-state index is 12.4. The van der Waals surface area contributed by atoms with Crippen LogP contribution in [0.4, 0.5) is 14.4 Å². The van der Waals surface area contributed by atoms with Crippen LogP contribution in [0.25, 0.3) is 0 Å². The molecule has 2 unspecified atom stereocenters. The van der Waals surface area contributed by atoms with Gasteiger partial charge in [-0.15, -0.1) is 0 Å². The van der Waals surface area contributed by atoms with Gasteiger partial charge in [-0.05, 0) is 44.0 Å². The number of carboxylic acid groups (broad SMARTS) is 1. The summed E-state index contributed by atoms with van der Waals surface area (Å²) in [7, 11) is -2.24. The molecule has 0 aromatic heterocycles. The molecule has 1 N–H and O–H groups in total. The number of benzene rings is 3. The number of carbonyl (C=O) groups excluding carboxylic acids is 5. The van der Waals surface area contributed by atoms with E-state index in [4.69, 9.17) is 19.3 Å². The third-order valence-corrected chi connectivity index (χ3v) is 12.9. The molecular weight excluding hydrogens is 974 g/mol. The molecule has 3 amide bonds. The molecule has 14 nitrogen and oxygen atoms in total. The van der Waals surface area contributed by atoms with Gasteiger partial charge in [0.15, 0.2) is 5.78 Å². The normalized spacial score (nSPS) is 19.7. The second kappa shape index (κ2) is 33.9. The Hall–Kier alpha value is -4.62. The molecule has 3 aliphatic rings. The topological polar surface area (TPSA) is 177 Å². The van der Waals surface area contributed by atoms with Crippen LogP contribution in [0, 0.1) is 35.5 Å². The first-order chi connectivity index (χ1) is 31.1. The zero-order chi connectivity index (χ0) is 47.5. The molecule has 0 spiro atoms. The van der Waals surface area contributed by atoms with Crippen molar-refractivity contribution in [3.8, 4) is 0 Å². The average Bonchev–Trinajstić information content (AvgIpc) is 4.08. The first kappa shape index (κ1) is 67.5. The summed E-state index contributed by atoms with van der Waals surface area (Å²) in [5.41, 5.74) is 2.81. The number of nitrogens with zero attached hydrogens (tertiary/aromatic N) is 3. The molecule has 0 bridgehead atoms. The van der Waals surface area contributed by atoms with Crippen molar-refractivity contribution in [1.82, 2.24) is 14.7 Å². The second-order valence-electron chi connectivity index (χ2n) is 17.1. The Bertz CT molecular complexity index is 2150. The minimum atomic E-state index is -2.24. The Morgan fingerprint density at radius 2 is 0.843 bits per heavy atom. The van der Waals surface area contributed by atoms with Crippen LogP contribution in [0.1, 0.15) is 92.3 Å². The number of Topliss-reactive ketones (excluding diaryl/α,β-unsaturated/α-hetero) is 2. The van der Waals surface area contributed by atoms with Gasteiger partial charge in [0.2, 0.25) is 0 Å². The van der Waals surface area contributed by atoms with E-state index in [-0.39, 0.29) is 132 Å². The Labute approximate surface area is 441 Å². The van der Waals surface area contributed by atoms with Gasteiger partial charge in [-0.2, -0.15) is 0 Å². The summed E-state index contributed by atoms with van der Waals surface area (Å²) in [4.78, 5) is 76.6. The fourth-order valence-corrected chi connectivity index (χ4v) is 9.06. The van der Waals surface area contributed by atoms with Crippen LogP contribution in [0.5, 0.6) is 0 Å². The number of ether oxygens (including phenoxy) is 3. The Balaban J connectivity index is 0. The van der Waals surface area contributed by atoms with Crippen LogP contribution < -0.4 is 35.8 Å². The molecule has 3 heterocycles. The van der Waals surface area contributed by atoms with Gasteiger partial charge in [0.1, 0.15) is 25.6 Å². The van der Waals surface area contributed by atoms with E-state index in [1.807, 2.05) is 112 Å². The van der Waals surface area contributed by atoms with Crippen molar-refractivity contribution >= 4 is 50.7 Å². The van der Waals surface area contributed by atoms with E-state index in [0.29, 0.717) is 39.1 Å². The molecule has 3 aliphatic heterocycles. The maximum atomic E-state index is 12.4. The Morgan fingerprint density at radius 3 is 1.13 bits per heavy atom. The van der Waals surface area contributed by atoms with E-state index >= 15 is 0 Å². The summed E-state index contributed by atoms with van der Waals surface area (Å²) < 4.78 is 27.8. The number of rotatable bonds is 14. The minimum Gasteiger partial charge on any atom is -1.00 e. The van der Waals surface area contributed by atoms with Crippen LogP contribution >= 0.6 is 0 Å². The fraction of sp³-hybridized carbons (Fsp3) is 0.528. The molecule has 0 saturated carbocycles. The molecule has 6 atom stereocenters. The number of hydrogen-bond donors (Lipinski definition) is 1. The van der Waals surface area contributed by atoms with E-state index in [0.717, 1.165) is 36.0 Å². The number of carbonyl (C=O) groups is 6. The number of halogens is 1. The van der Waals surface area contributed by atoms with Crippen LogP contribution in [0.15, 0.2) is 91.0 Å². The summed E-state index contributed by atoms with van der Waals surface area (Å²) in [6.07, 6.45) is 4.94. The minimum absolute atomic E-state index is 0. The summed E-state index contributed by atoms with van der Waals surface area (Å²) in [6, 6.07) is 28.5. The predicted molar refractivity (Wildman–Crippen MR) is 271 cm³/mol. The standard InChI is InChI=1S/C18H25NO4S.C17H23NO3.C15H19NO4.3CH4.BrH.Li/c1-4-15-10-19(11-16(15)17(20)13-24(2,3)22)18(21)23-12-14-8-6-5-7-9-14;1-3-14-10-18(11-15(14)16(19)4-2)17(20)21-12-13-8-6-5-7-9-13;1-2-12-8-16(9-13(12)14(17)18)15(19)20-10-11-6-4-3-5-7-11;;;;;/h5-9,13,15-16H,4,10-12H2,1-3H3;5-9,14-15H,3-4,10-12H2,1-2H3;3-7,12-13H,2,8-10H2,1H3,(H,17,18);3*1H4;1H;/q;;;;;;;+1/p-1/t15-,16?;14-,15?;12-,13+;;;;;/m111...../s1. The van der Waals surface area contributed by atoms with Crippen LogP contribution in [-0.2, 0) is 57.9 Å². The number of likely N-dealkylation sites (tertiary alicyclic amines) is 3. The van der Waals surface area contributed by atoms with Gasteiger partial charge in [0.05, 0.1) is 5.92 Å². The smallest absolute Gasteiger partial charge is 1.00 e.